The van der Waals surface area contributed by atoms with E-state index in [1.807, 2.05) is 11.8 Å². The van der Waals surface area contributed by atoms with E-state index in [-0.39, 0.29) is 11.4 Å². The molecular formula is C16H26N4O. The second-order valence-corrected chi connectivity index (χ2v) is 6.80. The Bertz CT molecular complexity index is 499. The van der Waals surface area contributed by atoms with Crippen molar-refractivity contribution >= 4 is 11.9 Å². The number of carbonyl (C=O) groups is 1. The number of likely N-dealkylation sites (tertiary alicyclic amines) is 1. The average molecular weight is 290 g/mol. The lowest BCUT2D eigenvalue weighted by Crippen LogP contribution is -2.33. The highest BCUT2D eigenvalue weighted by Gasteiger charge is 2.20. The van der Waals surface area contributed by atoms with Crippen LogP contribution in [0.15, 0.2) is 6.07 Å². The third kappa shape index (κ3) is 4.69. The highest BCUT2D eigenvalue weighted by atomic mass is 16.2. The molecule has 5 nitrogen and oxygen atoms in total. The van der Waals surface area contributed by atoms with Gasteiger partial charge in [0.1, 0.15) is 5.69 Å². The standard InChI is InChI=1S/C16H26N4O/c1-12-11-13(18-15(17-12)19-16(2,3)4)14(21)20-9-7-5-6-8-10-20/h11H,5-10H2,1-4H3,(H,17,18,19). The van der Waals surface area contributed by atoms with E-state index in [9.17, 15) is 4.79 Å². The van der Waals surface area contributed by atoms with Gasteiger partial charge in [-0.2, -0.15) is 0 Å². The minimum Gasteiger partial charge on any atom is -0.350 e. The molecule has 0 aromatic carbocycles. The average Bonchev–Trinajstić information content (AvgIpc) is 2.63. The smallest absolute Gasteiger partial charge is 0.272 e. The molecule has 1 amide bonds. The number of hydrogen-bond acceptors (Lipinski definition) is 4. The quantitative estimate of drug-likeness (QED) is 0.909. The number of hydrogen-bond donors (Lipinski definition) is 1. The van der Waals surface area contributed by atoms with Gasteiger partial charge in [0.15, 0.2) is 0 Å². The number of anilines is 1. The first-order valence-corrected chi connectivity index (χ1v) is 7.78. The monoisotopic (exact) mass is 290 g/mol. The van der Waals surface area contributed by atoms with Crippen LogP contribution < -0.4 is 5.32 Å². The highest BCUT2D eigenvalue weighted by Crippen LogP contribution is 2.15. The molecule has 1 aliphatic heterocycles. The Labute approximate surface area is 127 Å². The molecule has 0 bridgehead atoms. The molecule has 21 heavy (non-hydrogen) atoms. The van der Waals surface area contributed by atoms with E-state index in [0.717, 1.165) is 31.6 Å². The normalized spacial score (nSPS) is 16.5. The number of amides is 1. The van der Waals surface area contributed by atoms with Gasteiger partial charge in [0.2, 0.25) is 5.95 Å². The molecule has 1 fully saturated rings. The second kappa shape index (κ2) is 6.41. The molecule has 0 aliphatic carbocycles. The Morgan fingerprint density at radius 3 is 2.33 bits per heavy atom. The summed E-state index contributed by atoms with van der Waals surface area (Å²) in [6.45, 7) is 9.72. The number of nitrogens with zero attached hydrogens (tertiary/aromatic N) is 3. The molecule has 116 valence electrons. The summed E-state index contributed by atoms with van der Waals surface area (Å²) in [5.74, 6) is 0.556. The van der Waals surface area contributed by atoms with E-state index in [0.29, 0.717) is 11.6 Å². The van der Waals surface area contributed by atoms with Gasteiger partial charge >= 0.3 is 0 Å². The minimum atomic E-state index is -0.128. The topological polar surface area (TPSA) is 58.1 Å². The molecule has 0 radical (unpaired) electrons. The Morgan fingerprint density at radius 2 is 1.76 bits per heavy atom. The summed E-state index contributed by atoms with van der Waals surface area (Å²) in [6, 6.07) is 1.78. The van der Waals surface area contributed by atoms with Crippen molar-refractivity contribution in [1.29, 1.82) is 0 Å². The fourth-order valence-corrected chi connectivity index (χ4v) is 2.51. The van der Waals surface area contributed by atoms with Crippen molar-refractivity contribution < 1.29 is 4.79 Å². The Balaban J connectivity index is 2.20. The number of aromatic nitrogens is 2. The molecule has 0 atom stereocenters. The molecule has 1 aliphatic rings. The van der Waals surface area contributed by atoms with E-state index >= 15 is 0 Å². The van der Waals surface area contributed by atoms with Gasteiger partial charge in [0.05, 0.1) is 0 Å². The van der Waals surface area contributed by atoms with Gasteiger partial charge in [-0.3, -0.25) is 4.79 Å². The molecule has 2 rings (SSSR count). The van der Waals surface area contributed by atoms with Crippen LogP contribution in [0.2, 0.25) is 0 Å². The predicted molar refractivity (Wildman–Crippen MR) is 84.5 cm³/mol. The maximum absolute atomic E-state index is 12.6. The third-order valence-corrected chi connectivity index (χ3v) is 3.45. The van der Waals surface area contributed by atoms with Crippen LogP contribution in [0.1, 0.15) is 62.6 Å². The van der Waals surface area contributed by atoms with Gasteiger partial charge in [-0.15, -0.1) is 0 Å². The third-order valence-electron chi connectivity index (χ3n) is 3.45. The molecule has 0 unspecified atom stereocenters. The molecule has 2 heterocycles. The number of aryl methyl sites for hydroxylation is 1. The molecule has 1 saturated heterocycles. The Kier molecular flexibility index (Phi) is 4.80. The Hall–Kier alpha value is -1.65. The zero-order chi connectivity index (χ0) is 15.5. The number of carbonyl (C=O) groups excluding carboxylic acids is 1. The summed E-state index contributed by atoms with van der Waals surface area (Å²) < 4.78 is 0. The van der Waals surface area contributed by atoms with Crippen molar-refractivity contribution in [2.24, 2.45) is 0 Å². The first kappa shape index (κ1) is 15.7. The second-order valence-electron chi connectivity index (χ2n) is 6.80. The molecular weight excluding hydrogens is 264 g/mol. The van der Waals surface area contributed by atoms with Crippen LogP contribution in [0.4, 0.5) is 5.95 Å². The van der Waals surface area contributed by atoms with E-state index in [1.54, 1.807) is 6.07 Å². The minimum absolute atomic E-state index is 0.0272. The van der Waals surface area contributed by atoms with Crippen molar-refractivity contribution in [3.63, 3.8) is 0 Å². The lowest BCUT2D eigenvalue weighted by molar-refractivity contribution is 0.0755. The lowest BCUT2D eigenvalue weighted by atomic mass is 10.1. The van der Waals surface area contributed by atoms with Gasteiger partial charge in [-0.1, -0.05) is 12.8 Å². The zero-order valence-corrected chi connectivity index (χ0v) is 13.6. The number of rotatable bonds is 2. The maximum atomic E-state index is 12.6. The summed E-state index contributed by atoms with van der Waals surface area (Å²) in [5.41, 5.74) is 1.18. The summed E-state index contributed by atoms with van der Waals surface area (Å²) in [5, 5.41) is 3.24. The molecule has 5 heteroatoms. The summed E-state index contributed by atoms with van der Waals surface area (Å²) in [6.07, 6.45) is 4.60. The van der Waals surface area contributed by atoms with Crippen molar-refractivity contribution in [2.75, 3.05) is 18.4 Å². The van der Waals surface area contributed by atoms with E-state index in [1.165, 1.54) is 12.8 Å². The SMILES string of the molecule is Cc1cc(C(=O)N2CCCCCC2)nc(NC(C)(C)C)n1. The summed E-state index contributed by atoms with van der Waals surface area (Å²) >= 11 is 0. The van der Waals surface area contributed by atoms with Crippen molar-refractivity contribution in [3.8, 4) is 0 Å². The fraction of sp³-hybridized carbons (Fsp3) is 0.688. The molecule has 0 spiro atoms. The van der Waals surface area contributed by atoms with Crippen LogP contribution in [-0.4, -0.2) is 39.4 Å². The van der Waals surface area contributed by atoms with Crippen LogP contribution >= 0.6 is 0 Å². The predicted octanol–water partition coefficient (Wildman–Crippen LogP) is 3.01. The van der Waals surface area contributed by atoms with Gasteiger partial charge in [-0.25, -0.2) is 9.97 Å². The van der Waals surface area contributed by atoms with Crippen LogP contribution in [0.25, 0.3) is 0 Å². The van der Waals surface area contributed by atoms with Gasteiger partial charge in [0, 0.05) is 24.3 Å². The van der Waals surface area contributed by atoms with Crippen LogP contribution in [0.5, 0.6) is 0 Å². The van der Waals surface area contributed by atoms with Gasteiger partial charge in [0.25, 0.3) is 5.91 Å². The van der Waals surface area contributed by atoms with Crippen LogP contribution in [0, 0.1) is 6.92 Å². The molecule has 0 saturated carbocycles. The van der Waals surface area contributed by atoms with E-state index in [2.05, 4.69) is 36.1 Å². The largest absolute Gasteiger partial charge is 0.350 e. The first-order valence-electron chi connectivity index (χ1n) is 7.78. The van der Waals surface area contributed by atoms with Crippen LogP contribution in [0.3, 0.4) is 0 Å². The summed E-state index contributed by atoms with van der Waals surface area (Å²) in [4.78, 5) is 23.3. The van der Waals surface area contributed by atoms with Crippen LogP contribution in [-0.2, 0) is 0 Å². The molecule has 1 N–H and O–H groups in total. The Morgan fingerprint density at radius 1 is 1.14 bits per heavy atom. The molecule has 1 aromatic heterocycles. The first-order chi connectivity index (χ1) is 9.85. The van der Waals surface area contributed by atoms with E-state index < -0.39 is 0 Å². The number of nitrogens with one attached hydrogen (secondary N) is 1. The van der Waals surface area contributed by atoms with Crippen molar-refractivity contribution in [2.45, 2.75) is 58.9 Å². The lowest BCUT2D eigenvalue weighted by Gasteiger charge is -2.22. The van der Waals surface area contributed by atoms with E-state index in [4.69, 9.17) is 0 Å². The van der Waals surface area contributed by atoms with Crippen molar-refractivity contribution in [3.05, 3.63) is 17.5 Å². The molecule has 1 aromatic rings. The van der Waals surface area contributed by atoms with Crippen molar-refractivity contribution in [1.82, 2.24) is 14.9 Å². The maximum Gasteiger partial charge on any atom is 0.272 e. The van der Waals surface area contributed by atoms with Gasteiger partial charge < -0.3 is 10.2 Å². The fourth-order valence-electron chi connectivity index (χ4n) is 2.51. The highest BCUT2D eigenvalue weighted by molar-refractivity contribution is 5.92. The summed E-state index contributed by atoms with van der Waals surface area (Å²) in [7, 11) is 0. The van der Waals surface area contributed by atoms with Gasteiger partial charge in [-0.05, 0) is 46.6 Å². The zero-order valence-electron chi connectivity index (χ0n) is 13.6.